The summed E-state index contributed by atoms with van der Waals surface area (Å²) >= 11 is 0. The molecule has 7 nitrogen and oxygen atoms in total. The Hall–Kier alpha value is -2.11. The first-order chi connectivity index (χ1) is 20.6. The van der Waals surface area contributed by atoms with Crippen LogP contribution in [0, 0.1) is 23.7 Å². The molecule has 0 spiro atoms. The molecule has 1 heterocycles. The predicted molar refractivity (Wildman–Crippen MR) is 177 cm³/mol. The topological polar surface area (TPSA) is 77.5 Å². The molecular weight excluding hydrogens is 554 g/mol. The van der Waals surface area contributed by atoms with Gasteiger partial charge in [-0.05, 0) is 79.2 Å². The van der Waals surface area contributed by atoms with E-state index in [1.54, 1.807) is 4.90 Å². The van der Waals surface area contributed by atoms with E-state index in [-0.39, 0.29) is 47.9 Å². The maximum Gasteiger partial charge on any atom is 0.410 e. The lowest BCUT2D eigenvalue weighted by molar-refractivity contribution is -0.0984. The van der Waals surface area contributed by atoms with Crippen molar-refractivity contribution in [2.75, 3.05) is 13.7 Å². The number of hydrogen-bond donors (Lipinski definition) is 1. The van der Waals surface area contributed by atoms with Gasteiger partial charge in [0, 0.05) is 31.3 Å². The number of amides is 1. The lowest BCUT2D eigenvalue weighted by Gasteiger charge is -2.32. The molecule has 1 amide bonds. The van der Waals surface area contributed by atoms with Crippen molar-refractivity contribution in [2.45, 2.75) is 156 Å². The van der Waals surface area contributed by atoms with Crippen LogP contribution in [0.25, 0.3) is 0 Å². The molecule has 2 rings (SSSR count). The monoisotopic (exact) mass is 615 g/mol. The number of carbonyl (C=O) groups excluding carboxylic acids is 1. The van der Waals surface area contributed by atoms with Gasteiger partial charge in [0.15, 0.2) is 0 Å². The van der Waals surface area contributed by atoms with Gasteiger partial charge in [0.25, 0.3) is 0 Å². The Balaban J connectivity index is 1.87. The normalized spacial score (nSPS) is 20.6. The number of ether oxygens (including phenoxy) is 4. The first kappa shape index (κ1) is 38.1. The van der Waals surface area contributed by atoms with Crippen molar-refractivity contribution >= 4 is 6.09 Å². The SMILES string of the molecule is CCC[C@H](C[C@@H]1CC[C@H]([C@@H](C)C(O)C#CCC[C@@H](OC(C)(C)C)[C@@H](C)COCc2ccccc2)O1)N(C)C(=O)OC(C)(C)C. The molecule has 1 aliphatic heterocycles. The molecule has 7 atom stereocenters. The smallest absolute Gasteiger partial charge is 0.410 e. The fourth-order valence-electron chi connectivity index (χ4n) is 5.57. The summed E-state index contributed by atoms with van der Waals surface area (Å²) < 4.78 is 24.4. The zero-order chi connectivity index (χ0) is 32.9. The minimum Gasteiger partial charge on any atom is -0.444 e. The van der Waals surface area contributed by atoms with Crippen LogP contribution in [0.3, 0.4) is 0 Å². The van der Waals surface area contributed by atoms with Crippen molar-refractivity contribution in [1.29, 1.82) is 0 Å². The van der Waals surface area contributed by atoms with Crippen molar-refractivity contribution in [3.05, 3.63) is 35.9 Å². The van der Waals surface area contributed by atoms with Crippen LogP contribution >= 0.6 is 0 Å². The van der Waals surface area contributed by atoms with Gasteiger partial charge in [-0.25, -0.2) is 4.79 Å². The molecule has 0 bridgehead atoms. The molecule has 0 saturated carbocycles. The van der Waals surface area contributed by atoms with Gasteiger partial charge >= 0.3 is 6.09 Å². The highest BCUT2D eigenvalue weighted by Gasteiger charge is 2.35. The van der Waals surface area contributed by atoms with Crippen LogP contribution in [0.1, 0.15) is 113 Å². The molecule has 0 aliphatic carbocycles. The van der Waals surface area contributed by atoms with Gasteiger partial charge in [0.1, 0.15) is 11.7 Å². The molecule has 0 radical (unpaired) electrons. The van der Waals surface area contributed by atoms with Gasteiger partial charge < -0.3 is 29.0 Å². The first-order valence-corrected chi connectivity index (χ1v) is 16.7. The van der Waals surface area contributed by atoms with Crippen LogP contribution in [0.4, 0.5) is 4.79 Å². The molecule has 7 heteroatoms. The summed E-state index contributed by atoms with van der Waals surface area (Å²) in [6.45, 7) is 19.4. The molecular formula is C37H61NO6. The maximum atomic E-state index is 12.7. The molecule has 1 unspecified atom stereocenters. The number of benzene rings is 1. The van der Waals surface area contributed by atoms with E-state index in [2.05, 4.69) is 58.6 Å². The van der Waals surface area contributed by atoms with E-state index < -0.39 is 11.7 Å². The van der Waals surface area contributed by atoms with E-state index in [4.69, 9.17) is 18.9 Å². The number of aliphatic hydroxyl groups excluding tert-OH is 1. The third kappa shape index (κ3) is 14.3. The van der Waals surface area contributed by atoms with Crippen LogP contribution in [0.5, 0.6) is 0 Å². The molecule has 250 valence electrons. The van der Waals surface area contributed by atoms with Crippen molar-refractivity contribution in [1.82, 2.24) is 4.90 Å². The third-order valence-electron chi connectivity index (χ3n) is 8.05. The second-order valence-corrected chi connectivity index (χ2v) is 14.6. The summed E-state index contributed by atoms with van der Waals surface area (Å²) in [7, 11) is 1.82. The Morgan fingerprint density at radius 1 is 1.07 bits per heavy atom. The van der Waals surface area contributed by atoms with E-state index in [0.717, 1.165) is 44.1 Å². The van der Waals surface area contributed by atoms with E-state index >= 15 is 0 Å². The van der Waals surface area contributed by atoms with Gasteiger partial charge in [-0.3, -0.25) is 0 Å². The van der Waals surface area contributed by atoms with Gasteiger partial charge in [-0.2, -0.15) is 0 Å². The zero-order valence-electron chi connectivity index (χ0n) is 29.2. The summed E-state index contributed by atoms with van der Waals surface area (Å²) in [5, 5.41) is 10.9. The fourth-order valence-corrected chi connectivity index (χ4v) is 5.57. The highest BCUT2D eigenvalue weighted by atomic mass is 16.6. The van der Waals surface area contributed by atoms with Crippen LogP contribution in [0.15, 0.2) is 30.3 Å². The summed E-state index contributed by atoms with van der Waals surface area (Å²) in [6.07, 6.45) is 4.75. The van der Waals surface area contributed by atoms with Crippen molar-refractivity contribution in [2.24, 2.45) is 11.8 Å². The zero-order valence-corrected chi connectivity index (χ0v) is 29.2. The highest BCUT2D eigenvalue weighted by Crippen LogP contribution is 2.31. The van der Waals surface area contributed by atoms with Crippen LogP contribution in [-0.4, -0.2) is 71.4 Å². The predicted octanol–water partition coefficient (Wildman–Crippen LogP) is 7.78. The minimum absolute atomic E-state index is 0.00319. The van der Waals surface area contributed by atoms with E-state index in [1.807, 2.05) is 52.9 Å². The molecule has 44 heavy (non-hydrogen) atoms. The van der Waals surface area contributed by atoms with Gasteiger partial charge in [0.2, 0.25) is 0 Å². The van der Waals surface area contributed by atoms with Gasteiger partial charge in [-0.15, -0.1) is 5.92 Å². The molecule has 1 saturated heterocycles. The number of hydrogen-bond acceptors (Lipinski definition) is 6. The number of nitrogens with zero attached hydrogens (tertiary/aromatic N) is 1. The molecule has 0 aromatic heterocycles. The lowest BCUT2D eigenvalue weighted by Crippen LogP contribution is -2.42. The first-order valence-electron chi connectivity index (χ1n) is 16.7. The van der Waals surface area contributed by atoms with Crippen molar-refractivity contribution in [3.8, 4) is 11.8 Å². The van der Waals surface area contributed by atoms with Crippen LogP contribution in [0.2, 0.25) is 0 Å². The fraction of sp³-hybridized carbons (Fsp3) is 0.757. The average Bonchev–Trinajstić information content (AvgIpc) is 3.41. The standard InChI is InChI=1S/C37H61NO6/c1-11-17-30(38(10)35(40)44-37(7,8)9)24-31-22-23-34(42-31)28(3)32(39)20-15-16-21-33(43-36(4,5)6)27(2)25-41-26-29-18-13-12-14-19-29/h12-14,18-19,27-28,30-34,39H,11,16-17,21-26H2,1-10H3/t27-,28-,30+,31-,32?,33+,34+/m0/s1. The Kier molecular flexibility index (Phi) is 15.7. The highest BCUT2D eigenvalue weighted by molar-refractivity contribution is 5.68. The largest absolute Gasteiger partial charge is 0.444 e. The van der Waals surface area contributed by atoms with Crippen molar-refractivity contribution < 1.29 is 28.8 Å². The minimum atomic E-state index is -0.761. The number of aliphatic hydroxyl groups is 1. The summed E-state index contributed by atoms with van der Waals surface area (Å²) in [5.74, 6) is 6.40. The quantitative estimate of drug-likeness (QED) is 0.203. The maximum absolute atomic E-state index is 12.7. The number of rotatable bonds is 15. The molecule has 1 aliphatic rings. The number of carbonyl (C=O) groups is 1. The Bertz CT molecular complexity index is 1020. The van der Waals surface area contributed by atoms with Crippen LogP contribution < -0.4 is 0 Å². The molecule has 1 N–H and O–H groups in total. The summed E-state index contributed by atoms with van der Waals surface area (Å²) in [6, 6.07) is 10.2. The molecule has 1 fully saturated rings. The van der Waals surface area contributed by atoms with Crippen molar-refractivity contribution in [3.63, 3.8) is 0 Å². The van der Waals surface area contributed by atoms with E-state index in [1.165, 1.54) is 0 Å². The summed E-state index contributed by atoms with van der Waals surface area (Å²) in [5.41, 5.74) is 0.362. The van der Waals surface area contributed by atoms with Crippen LogP contribution in [-0.2, 0) is 25.6 Å². The van der Waals surface area contributed by atoms with Gasteiger partial charge in [0.05, 0.1) is 37.1 Å². The Morgan fingerprint density at radius 2 is 1.75 bits per heavy atom. The molecule has 1 aromatic carbocycles. The summed E-state index contributed by atoms with van der Waals surface area (Å²) in [4.78, 5) is 14.4. The van der Waals surface area contributed by atoms with Gasteiger partial charge in [-0.1, -0.05) is 63.4 Å². The average molecular weight is 616 g/mol. The Morgan fingerprint density at radius 3 is 2.36 bits per heavy atom. The second-order valence-electron chi connectivity index (χ2n) is 14.6. The lowest BCUT2D eigenvalue weighted by atomic mass is 9.95. The van der Waals surface area contributed by atoms with E-state index in [9.17, 15) is 9.90 Å². The van der Waals surface area contributed by atoms with E-state index in [0.29, 0.717) is 19.6 Å². The third-order valence-corrected chi connectivity index (χ3v) is 8.05. The molecule has 1 aromatic rings. The Labute approximate surface area is 268 Å². The second kappa shape index (κ2) is 18.1.